The lowest BCUT2D eigenvalue weighted by Crippen LogP contribution is -1.79. The van der Waals surface area contributed by atoms with Gasteiger partial charge in [0.15, 0.2) is 0 Å². The molecule has 0 aliphatic rings. The third kappa shape index (κ3) is 2.80. The molecule has 3 heteroatoms. The number of rotatable bonds is 2. The normalized spacial score (nSPS) is 10.4. The molecule has 0 atom stereocenters. The first-order chi connectivity index (χ1) is 7.65. The summed E-state index contributed by atoms with van der Waals surface area (Å²) >= 11 is 5.11. The molecule has 2 aromatic carbocycles. The Balaban J connectivity index is 2.23. The van der Waals surface area contributed by atoms with Gasteiger partial charge in [-0.15, -0.1) is 0 Å². The van der Waals surface area contributed by atoms with Crippen molar-refractivity contribution in [2.75, 3.05) is 0 Å². The van der Waals surface area contributed by atoms with Crippen LogP contribution in [-0.4, -0.2) is 5.11 Å². The van der Waals surface area contributed by atoms with Gasteiger partial charge in [-0.05, 0) is 55.0 Å². The van der Waals surface area contributed by atoms with E-state index < -0.39 is 0 Å². The fourth-order valence-corrected chi connectivity index (χ4v) is 2.52. The Morgan fingerprint density at radius 1 is 1.06 bits per heavy atom. The SMILES string of the molecule is Cc1cc(O)ccc1Sc1ccc(Br)cc1. The van der Waals surface area contributed by atoms with Crippen LogP contribution in [0.3, 0.4) is 0 Å². The van der Waals surface area contributed by atoms with Crippen LogP contribution >= 0.6 is 27.7 Å². The van der Waals surface area contributed by atoms with Crippen LogP contribution in [0.5, 0.6) is 5.75 Å². The molecule has 0 bridgehead atoms. The molecule has 0 aliphatic heterocycles. The number of aromatic hydroxyl groups is 1. The monoisotopic (exact) mass is 294 g/mol. The number of phenolic OH excluding ortho intramolecular Hbond substituents is 1. The molecule has 1 N–H and O–H groups in total. The fourth-order valence-electron chi connectivity index (χ4n) is 1.38. The average Bonchev–Trinajstić information content (AvgIpc) is 2.25. The smallest absolute Gasteiger partial charge is 0.115 e. The van der Waals surface area contributed by atoms with E-state index in [1.807, 2.05) is 25.1 Å². The molecule has 1 nitrogen and oxygen atoms in total. The molecular formula is C13H11BrOS. The summed E-state index contributed by atoms with van der Waals surface area (Å²) in [5.41, 5.74) is 1.09. The van der Waals surface area contributed by atoms with Gasteiger partial charge in [0.25, 0.3) is 0 Å². The third-order valence-corrected chi connectivity index (χ3v) is 3.91. The van der Waals surface area contributed by atoms with Gasteiger partial charge < -0.3 is 5.11 Å². The molecule has 0 heterocycles. The van der Waals surface area contributed by atoms with Crippen LogP contribution in [0.25, 0.3) is 0 Å². The Morgan fingerprint density at radius 3 is 2.38 bits per heavy atom. The first-order valence-corrected chi connectivity index (χ1v) is 6.49. The maximum Gasteiger partial charge on any atom is 0.115 e. The van der Waals surface area contributed by atoms with Crippen molar-refractivity contribution < 1.29 is 5.11 Å². The highest BCUT2D eigenvalue weighted by Gasteiger charge is 2.02. The molecule has 0 amide bonds. The summed E-state index contributed by atoms with van der Waals surface area (Å²) in [5.74, 6) is 0.317. The van der Waals surface area contributed by atoms with Gasteiger partial charge >= 0.3 is 0 Å². The maximum absolute atomic E-state index is 9.32. The Bertz CT molecular complexity index is 494. The second-order valence-electron chi connectivity index (χ2n) is 3.51. The van der Waals surface area contributed by atoms with Crippen LogP contribution in [0.2, 0.25) is 0 Å². The molecular weight excluding hydrogens is 284 g/mol. The predicted molar refractivity (Wildman–Crippen MR) is 71.1 cm³/mol. The summed E-state index contributed by atoms with van der Waals surface area (Å²) < 4.78 is 1.08. The van der Waals surface area contributed by atoms with Crippen LogP contribution in [0, 0.1) is 6.92 Å². The highest BCUT2D eigenvalue weighted by Crippen LogP contribution is 2.32. The van der Waals surface area contributed by atoms with E-state index in [4.69, 9.17) is 0 Å². The largest absolute Gasteiger partial charge is 0.508 e. The molecule has 0 aromatic heterocycles. The van der Waals surface area contributed by atoms with Crippen molar-refractivity contribution in [1.82, 2.24) is 0 Å². The van der Waals surface area contributed by atoms with Gasteiger partial charge in [0.1, 0.15) is 5.75 Å². The molecule has 0 saturated heterocycles. The van der Waals surface area contributed by atoms with Crippen molar-refractivity contribution in [2.24, 2.45) is 0 Å². The number of aryl methyl sites for hydroxylation is 1. The van der Waals surface area contributed by atoms with Gasteiger partial charge in [-0.1, -0.05) is 27.7 Å². The number of benzene rings is 2. The zero-order valence-electron chi connectivity index (χ0n) is 8.77. The fraction of sp³-hybridized carbons (Fsp3) is 0.0769. The zero-order chi connectivity index (χ0) is 11.5. The average molecular weight is 295 g/mol. The Morgan fingerprint density at radius 2 is 1.75 bits per heavy atom. The summed E-state index contributed by atoms with van der Waals surface area (Å²) in [5, 5.41) is 9.32. The molecule has 16 heavy (non-hydrogen) atoms. The van der Waals surface area contributed by atoms with Gasteiger partial charge in [-0.25, -0.2) is 0 Å². The Labute approximate surface area is 108 Å². The summed E-state index contributed by atoms with van der Waals surface area (Å²) in [6, 6.07) is 13.6. The van der Waals surface area contributed by atoms with E-state index in [-0.39, 0.29) is 0 Å². The highest BCUT2D eigenvalue weighted by molar-refractivity contribution is 9.10. The highest BCUT2D eigenvalue weighted by atomic mass is 79.9. The minimum absolute atomic E-state index is 0.317. The van der Waals surface area contributed by atoms with E-state index >= 15 is 0 Å². The van der Waals surface area contributed by atoms with Gasteiger partial charge in [-0.2, -0.15) is 0 Å². The molecule has 2 rings (SSSR count). The second-order valence-corrected chi connectivity index (χ2v) is 5.54. The van der Waals surface area contributed by atoms with Crippen molar-refractivity contribution >= 4 is 27.7 Å². The van der Waals surface area contributed by atoms with Crippen LogP contribution in [-0.2, 0) is 0 Å². The minimum Gasteiger partial charge on any atom is -0.508 e. The molecule has 0 aliphatic carbocycles. The van der Waals surface area contributed by atoms with Gasteiger partial charge in [-0.3, -0.25) is 0 Å². The third-order valence-electron chi connectivity index (χ3n) is 2.20. The maximum atomic E-state index is 9.32. The van der Waals surface area contributed by atoms with Gasteiger partial charge in [0.05, 0.1) is 0 Å². The molecule has 0 spiro atoms. The zero-order valence-corrected chi connectivity index (χ0v) is 11.2. The van der Waals surface area contributed by atoms with Gasteiger partial charge in [0, 0.05) is 14.3 Å². The van der Waals surface area contributed by atoms with E-state index in [9.17, 15) is 5.11 Å². The minimum atomic E-state index is 0.317. The lowest BCUT2D eigenvalue weighted by molar-refractivity contribution is 0.474. The Hall–Kier alpha value is -0.930. The van der Waals surface area contributed by atoms with Crippen molar-refractivity contribution in [3.8, 4) is 5.75 Å². The molecule has 0 unspecified atom stereocenters. The molecule has 82 valence electrons. The van der Waals surface area contributed by atoms with Gasteiger partial charge in [0.2, 0.25) is 0 Å². The first kappa shape index (κ1) is 11.6. The van der Waals surface area contributed by atoms with E-state index in [0.717, 1.165) is 10.0 Å². The summed E-state index contributed by atoms with van der Waals surface area (Å²) in [6.07, 6.45) is 0. The standard InChI is InChI=1S/C13H11BrOS/c1-9-8-11(15)4-7-13(9)16-12-5-2-10(14)3-6-12/h2-8,15H,1H3. The lowest BCUT2D eigenvalue weighted by atomic mass is 10.2. The first-order valence-electron chi connectivity index (χ1n) is 4.88. The van der Waals surface area contributed by atoms with E-state index in [1.54, 1.807) is 23.9 Å². The number of halogens is 1. The van der Waals surface area contributed by atoms with Crippen molar-refractivity contribution in [1.29, 1.82) is 0 Å². The Kier molecular flexibility index (Phi) is 3.56. The second kappa shape index (κ2) is 4.93. The summed E-state index contributed by atoms with van der Waals surface area (Å²) in [6.45, 7) is 2.00. The van der Waals surface area contributed by atoms with E-state index in [0.29, 0.717) is 5.75 Å². The van der Waals surface area contributed by atoms with Crippen molar-refractivity contribution in [3.05, 3.63) is 52.5 Å². The van der Waals surface area contributed by atoms with Crippen molar-refractivity contribution in [3.63, 3.8) is 0 Å². The molecule has 0 fully saturated rings. The van der Waals surface area contributed by atoms with Crippen LogP contribution in [0.1, 0.15) is 5.56 Å². The number of phenols is 1. The van der Waals surface area contributed by atoms with Crippen LogP contribution in [0.4, 0.5) is 0 Å². The van der Waals surface area contributed by atoms with Crippen LogP contribution < -0.4 is 0 Å². The van der Waals surface area contributed by atoms with Crippen LogP contribution in [0.15, 0.2) is 56.7 Å². The lowest BCUT2D eigenvalue weighted by Gasteiger charge is -2.05. The topological polar surface area (TPSA) is 20.2 Å². The molecule has 2 aromatic rings. The molecule has 0 saturated carbocycles. The summed E-state index contributed by atoms with van der Waals surface area (Å²) in [7, 11) is 0. The van der Waals surface area contributed by atoms with E-state index in [1.165, 1.54) is 9.79 Å². The summed E-state index contributed by atoms with van der Waals surface area (Å²) in [4.78, 5) is 2.36. The number of hydrogen-bond acceptors (Lipinski definition) is 2. The quantitative estimate of drug-likeness (QED) is 0.872. The predicted octanol–water partition coefficient (Wildman–Crippen LogP) is 4.61. The number of hydrogen-bond donors (Lipinski definition) is 1. The van der Waals surface area contributed by atoms with E-state index in [2.05, 4.69) is 28.1 Å². The van der Waals surface area contributed by atoms with Crippen molar-refractivity contribution in [2.45, 2.75) is 16.7 Å². The molecule has 0 radical (unpaired) electrons.